The zero-order valence-corrected chi connectivity index (χ0v) is 17.4. The molecule has 0 aromatic heterocycles. The third-order valence-electron chi connectivity index (χ3n) is 5.60. The highest BCUT2D eigenvalue weighted by molar-refractivity contribution is 5.52. The van der Waals surface area contributed by atoms with E-state index in [0.29, 0.717) is 0 Å². The van der Waals surface area contributed by atoms with Gasteiger partial charge in [0.1, 0.15) is 11.5 Å². The van der Waals surface area contributed by atoms with Crippen molar-refractivity contribution in [3.05, 3.63) is 131 Å². The summed E-state index contributed by atoms with van der Waals surface area (Å²) in [6, 6.07) is 37.9. The summed E-state index contributed by atoms with van der Waals surface area (Å²) in [6.07, 6.45) is 0. The van der Waals surface area contributed by atoms with Gasteiger partial charge in [-0.05, 0) is 23.3 Å². The lowest BCUT2D eigenvalue weighted by Gasteiger charge is -2.31. The molecular weight excluding hydrogens is 368 g/mol. The van der Waals surface area contributed by atoms with E-state index in [-0.39, 0.29) is 11.8 Å². The normalized spacial score (nSPS) is 12.7. The molecule has 0 radical (unpaired) electrons. The molecule has 0 bridgehead atoms. The summed E-state index contributed by atoms with van der Waals surface area (Å²) in [7, 11) is 3.48. The van der Waals surface area contributed by atoms with Gasteiger partial charge < -0.3 is 9.47 Å². The lowest BCUT2D eigenvalue weighted by atomic mass is 9.73. The molecule has 2 atom stereocenters. The predicted octanol–water partition coefficient (Wildman–Crippen LogP) is 6.67. The van der Waals surface area contributed by atoms with Gasteiger partial charge in [-0.2, -0.15) is 0 Å². The summed E-state index contributed by atoms with van der Waals surface area (Å²) in [6.45, 7) is 0. The second kappa shape index (κ2) is 9.32. The van der Waals surface area contributed by atoms with Gasteiger partial charge in [0.2, 0.25) is 0 Å². The minimum Gasteiger partial charge on any atom is -0.496 e. The molecule has 4 aromatic rings. The van der Waals surface area contributed by atoms with Gasteiger partial charge >= 0.3 is 0 Å². The molecule has 0 aliphatic carbocycles. The highest BCUT2D eigenvalue weighted by Gasteiger charge is 2.31. The van der Waals surface area contributed by atoms with Crippen LogP contribution in [0.25, 0.3) is 0 Å². The van der Waals surface area contributed by atoms with Gasteiger partial charge in [-0.15, -0.1) is 0 Å². The first kappa shape index (κ1) is 19.8. The molecule has 4 aromatic carbocycles. The van der Waals surface area contributed by atoms with Crippen molar-refractivity contribution < 1.29 is 9.47 Å². The molecule has 0 saturated heterocycles. The van der Waals surface area contributed by atoms with Crippen molar-refractivity contribution in [2.24, 2.45) is 0 Å². The molecule has 0 amide bonds. The Morgan fingerprint density at radius 2 is 0.767 bits per heavy atom. The van der Waals surface area contributed by atoms with Crippen LogP contribution in [0.1, 0.15) is 34.1 Å². The lowest BCUT2D eigenvalue weighted by Crippen LogP contribution is -2.16. The molecule has 0 aliphatic heterocycles. The third kappa shape index (κ3) is 3.95. The quantitative estimate of drug-likeness (QED) is 0.349. The summed E-state index contributed by atoms with van der Waals surface area (Å²) in [5.41, 5.74) is 4.79. The second-order valence-electron chi connectivity index (χ2n) is 7.26. The topological polar surface area (TPSA) is 18.5 Å². The molecule has 2 unspecified atom stereocenters. The Labute approximate surface area is 178 Å². The fourth-order valence-corrected chi connectivity index (χ4v) is 4.27. The summed E-state index contributed by atoms with van der Waals surface area (Å²) in [4.78, 5) is 0. The van der Waals surface area contributed by atoms with Crippen LogP contribution in [-0.4, -0.2) is 14.2 Å². The van der Waals surface area contributed by atoms with Crippen molar-refractivity contribution in [2.75, 3.05) is 14.2 Å². The molecular formula is C28H26O2. The fourth-order valence-electron chi connectivity index (χ4n) is 4.27. The predicted molar refractivity (Wildman–Crippen MR) is 123 cm³/mol. The Kier molecular flexibility index (Phi) is 6.14. The number of ether oxygens (including phenoxy) is 2. The number of hydrogen-bond donors (Lipinski definition) is 0. The van der Waals surface area contributed by atoms with E-state index in [0.717, 1.165) is 22.6 Å². The van der Waals surface area contributed by atoms with Crippen LogP contribution in [0.15, 0.2) is 109 Å². The van der Waals surface area contributed by atoms with Crippen LogP contribution in [-0.2, 0) is 0 Å². The molecule has 30 heavy (non-hydrogen) atoms. The zero-order chi connectivity index (χ0) is 20.8. The highest BCUT2D eigenvalue weighted by Crippen LogP contribution is 2.47. The minimum atomic E-state index is 0.0565. The molecule has 4 rings (SSSR count). The van der Waals surface area contributed by atoms with Crippen molar-refractivity contribution in [1.82, 2.24) is 0 Å². The lowest BCUT2D eigenvalue weighted by molar-refractivity contribution is 0.399. The Balaban J connectivity index is 2.01. The Hall–Kier alpha value is -3.52. The van der Waals surface area contributed by atoms with Gasteiger partial charge in [-0.25, -0.2) is 0 Å². The van der Waals surface area contributed by atoms with Gasteiger partial charge in [0.15, 0.2) is 0 Å². The average Bonchev–Trinajstić information content (AvgIpc) is 2.83. The van der Waals surface area contributed by atoms with Crippen LogP contribution in [0, 0.1) is 0 Å². The maximum atomic E-state index is 5.80. The molecule has 0 N–H and O–H groups in total. The Morgan fingerprint density at radius 3 is 1.13 bits per heavy atom. The molecule has 0 aliphatic rings. The van der Waals surface area contributed by atoms with E-state index in [4.69, 9.17) is 9.47 Å². The Morgan fingerprint density at radius 1 is 0.433 bits per heavy atom. The van der Waals surface area contributed by atoms with E-state index in [1.807, 2.05) is 24.3 Å². The second-order valence-corrected chi connectivity index (χ2v) is 7.26. The summed E-state index contributed by atoms with van der Waals surface area (Å²) < 4.78 is 11.6. The largest absolute Gasteiger partial charge is 0.496 e. The average molecular weight is 395 g/mol. The molecule has 0 saturated carbocycles. The van der Waals surface area contributed by atoms with E-state index < -0.39 is 0 Å². The van der Waals surface area contributed by atoms with Gasteiger partial charge in [0, 0.05) is 23.0 Å². The van der Waals surface area contributed by atoms with Crippen molar-refractivity contribution in [2.45, 2.75) is 11.8 Å². The molecule has 0 fully saturated rings. The van der Waals surface area contributed by atoms with Crippen LogP contribution in [0.2, 0.25) is 0 Å². The number of para-hydroxylation sites is 2. The number of rotatable bonds is 7. The molecule has 0 heterocycles. The van der Waals surface area contributed by atoms with Gasteiger partial charge in [0.05, 0.1) is 14.2 Å². The van der Waals surface area contributed by atoms with Gasteiger partial charge in [0.25, 0.3) is 0 Å². The van der Waals surface area contributed by atoms with E-state index in [2.05, 4.69) is 84.9 Å². The van der Waals surface area contributed by atoms with Crippen LogP contribution in [0.3, 0.4) is 0 Å². The maximum Gasteiger partial charge on any atom is 0.122 e. The first-order chi connectivity index (χ1) is 14.8. The first-order valence-electron chi connectivity index (χ1n) is 10.2. The van der Waals surface area contributed by atoms with Crippen LogP contribution in [0.5, 0.6) is 11.5 Å². The standard InChI is InChI=1S/C28H26O2/c1-29-25-19-11-9-17-23(25)27(21-13-5-3-6-14-21)28(22-15-7-4-8-16-22)24-18-10-12-20-26(24)30-2/h3-20,27-28H,1-2H3. The van der Waals surface area contributed by atoms with Crippen LogP contribution < -0.4 is 9.47 Å². The Bertz CT molecular complexity index is 985. The molecule has 0 spiro atoms. The third-order valence-corrected chi connectivity index (χ3v) is 5.60. The smallest absolute Gasteiger partial charge is 0.122 e. The van der Waals surface area contributed by atoms with Crippen molar-refractivity contribution in [3.8, 4) is 11.5 Å². The monoisotopic (exact) mass is 394 g/mol. The zero-order valence-electron chi connectivity index (χ0n) is 17.4. The summed E-state index contributed by atoms with van der Waals surface area (Å²) >= 11 is 0. The number of methoxy groups -OCH3 is 2. The minimum absolute atomic E-state index is 0.0565. The molecule has 150 valence electrons. The molecule has 2 nitrogen and oxygen atoms in total. The van der Waals surface area contributed by atoms with Gasteiger partial charge in [-0.1, -0.05) is 97.1 Å². The van der Waals surface area contributed by atoms with Crippen molar-refractivity contribution >= 4 is 0 Å². The van der Waals surface area contributed by atoms with Crippen molar-refractivity contribution in [3.63, 3.8) is 0 Å². The van der Waals surface area contributed by atoms with Crippen LogP contribution in [0.4, 0.5) is 0 Å². The van der Waals surface area contributed by atoms with E-state index >= 15 is 0 Å². The van der Waals surface area contributed by atoms with Crippen LogP contribution >= 0.6 is 0 Å². The molecule has 2 heteroatoms. The highest BCUT2D eigenvalue weighted by atomic mass is 16.5. The summed E-state index contributed by atoms with van der Waals surface area (Å²) in [5, 5.41) is 0. The van der Waals surface area contributed by atoms with Gasteiger partial charge in [-0.3, -0.25) is 0 Å². The van der Waals surface area contributed by atoms with E-state index in [1.54, 1.807) is 14.2 Å². The fraction of sp³-hybridized carbons (Fsp3) is 0.143. The van der Waals surface area contributed by atoms with E-state index in [9.17, 15) is 0 Å². The SMILES string of the molecule is COc1ccccc1C(c1ccccc1)C(c1ccccc1)c1ccccc1OC. The first-order valence-corrected chi connectivity index (χ1v) is 10.2. The summed E-state index contributed by atoms with van der Waals surface area (Å²) in [5.74, 6) is 1.89. The maximum absolute atomic E-state index is 5.80. The number of hydrogen-bond acceptors (Lipinski definition) is 2. The van der Waals surface area contributed by atoms with E-state index in [1.165, 1.54) is 11.1 Å². The number of benzene rings is 4. The van der Waals surface area contributed by atoms with Crippen molar-refractivity contribution in [1.29, 1.82) is 0 Å².